The van der Waals surface area contributed by atoms with Gasteiger partial charge < -0.3 is 0 Å². The van der Waals surface area contributed by atoms with Crippen molar-refractivity contribution in [2.75, 3.05) is 5.75 Å². The van der Waals surface area contributed by atoms with E-state index in [9.17, 15) is 4.39 Å². The molecule has 1 atom stereocenters. The number of aryl methyl sites for hydroxylation is 1. The molecule has 21 heavy (non-hydrogen) atoms. The molecule has 0 aliphatic carbocycles. The maximum atomic E-state index is 13.1. The minimum absolute atomic E-state index is 0.123. The van der Waals surface area contributed by atoms with Gasteiger partial charge in [0.25, 0.3) is 0 Å². The molecule has 5 heteroatoms. The monoisotopic (exact) mass is 368 g/mol. The molecule has 0 aromatic heterocycles. The summed E-state index contributed by atoms with van der Waals surface area (Å²) in [4.78, 5) is 1.22. The summed E-state index contributed by atoms with van der Waals surface area (Å²) in [7, 11) is 0. The van der Waals surface area contributed by atoms with E-state index in [4.69, 9.17) is 5.84 Å². The average molecular weight is 369 g/mol. The Balaban J connectivity index is 1.95. The van der Waals surface area contributed by atoms with Gasteiger partial charge in [-0.2, -0.15) is 0 Å². The number of hydrogen-bond donors (Lipinski definition) is 2. The Hall–Kier alpha value is -0.880. The average Bonchev–Trinajstić information content (AvgIpc) is 2.47. The molecule has 1 unspecified atom stereocenters. The van der Waals surface area contributed by atoms with Gasteiger partial charge >= 0.3 is 0 Å². The highest BCUT2D eigenvalue weighted by Gasteiger charge is 2.11. The van der Waals surface area contributed by atoms with E-state index in [2.05, 4.69) is 52.5 Å². The van der Waals surface area contributed by atoms with Crippen LogP contribution in [0.4, 0.5) is 4.39 Å². The van der Waals surface area contributed by atoms with Crippen LogP contribution in [-0.4, -0.2) is 11.8 Å². The van der Waals surface area contributed by atoms with Crippen molar-refractivity contribution >= 4 is 27.7 Å². The van der Waals surface area contributed by atoms with Crippen molar-refractivity contribution in [3.05, 3.63) is 63.9 Å². The lowest BCUT2D eigenvalue weighted by molar-refractivity contribution is 0.572. The van der Waals surface area contributed by atoms with E-state index in [1.54, 1.807) is 17.8 Å². The van der Waals surface area contributed by atoms with Crippen molar-refractivity contribution in [3.8, 4) is 0 Å². The van der Waals surface area contributed by atoms with Crippen LogP contribution in [0.2, 0.25) is 0 Å². The lowest BCUT2D eigenvalue weighted by Crippen LogP contribution is -2.38. The van der Waals surface area contributed by atoms with E-state index >= 15 is 0 Å². The normalized spacial score (nSPS) is 12.4. The van der Waals surface area contributed by atoms with Gasteiger partial charge in [0.15, 0.2) is 0 Å². The van der Waals surface area contributed by atoms with Gasteiger partial charge in [0, 0.05) is 21.2 Å². The first kappa shape index (κ1) is 16.5. The summed E-state index contributed by atoms with van der Waals surface area (Å²) in [5.74, 6) is 6.25. The zero-order chi connectivity index (χ0) is 15.2. The molecule has 0 heterocycles. The highest BCUT2D eigenvalue weighted by atomic mass is 79.9. The van der Waals surface area contributed by atoms with E-state index in [1.807, 2.05) is 0 Å². The number of hydrazine groups is 1. The van der Waals surface area contributed by atoms with E-state index in [0.717, 1.165) is 22.2 Å². The third-order valence-electron chi connectivity index (χ3n) is 3.19. The number of nitrogens with two attached hydrogens (primary N) is 1. The van der Waals surface area contributed by atoms with Crippen molar-refractivity contribution in [1.82, 2.24) is 5.43 Å². The summed E-state index contributed by atoms with van der Waals surface area (Å²) in [6.45, 7) is 2.07. The Morgan fingerprint density at radius 2 is 1.95 bits per heavy atom. The Labute approximate surface area is 137 Å². The molecule has 112 valence electrons. The van der Waals surface area contributed by atoms with Crippen molar-refractivity contribution in [2.24, 2.45) is 5.84 Å². The number of rotatable bonds is 6. The van der Waals surface area contributed by atoms with Gasteiger partial charge in [-0.15, -0.1) is 11.8 Å². The minimum atomic E-state index is -0.239. The second-order valence-electron chi connectivity index (χ2n) is 4.93. The number of thioether (sulfide) groups is 1. The predicted octanol–water partition coefficient (Wildman–Crippen LogP) is 4.06. The number of hydrogen-bond acceptors (Lipinski definition) is 3. The molecule has 0 bridgehead atoms. The molecule has 0 fully saturated rings. The Kier molecular flexibility index (Phi) is 6.23. The molecule has 0 radical (unpaired) electrons. The molecule has 0 spiro atoms. The first-order valence-corrected chi connectivity index (χ1v) is 8.46. The SMILES string of the molecule is Cc1ccc(SCC(Cc2ccc(F)cc2Br)NN)cc1. The molecule has 0 saturated carbocycles. The largest absolute Gasteiger partial charge is 0.271 e. The molecule has 2 rings (SSSR count). The quantitative estimate of drug-likeness (QED) is 0.458. The van der Waals surface area contributed by atoms with Crippen LogP contribution in [0.15, 0.2) is 51.8 Å². The Morgan fingerprint density at radius 1 is 1.24 bits per heavy atom. The summed E-state index contributed by atoms with van der Waals surface area (Å²) >= 11 is 5.15. The van der Waals surface area contributed by atoms with Crippen LogP contribution < -0.4 is 11.3 Å². The molecule has 0 aliphatic rings. The maximum Gasteiger partial charge on any atom is 0.124 e. The zero-order valence-corrected chi connectivity index (χ0v) is 14.2. The molecule has 2 nitrogen and oxygen atoms in total. The predicted molar refractivity (Wildman–Crippen MR) is 90.8 cm³/mol. The fourth-order valence-electron chi connectivity index (χ4n) is 1.95. The summed E-state index contributed by atoms with van der Waals surface area (Å²) in [5.41, 5.74) is 5.14. The van der Waals surface area contributed by atoms with Gasteiger partial charge in [-0.1, -0.05) is 39.7 Å². The highest BCUT2D eigenvalue weighted by Crippen LogP contribution is 2.23. The van der Waals surface area contributed by atoms with E-state index < -0.39 is 0 Å². The van der Waals surface area contributed by atoms with Crippen molar-refractivity contribution in [3.63, 3.8) is 0 Å². The van der Waals surface area contributed by atoms with Crippen LogP contribution in [-0.2, 0) is 6.42 Å². The summed E-state index contributed by atoms with van der Waals surface area (Å²) in [6.07, 6.45) is 0.746. The van der Waals surface area contributed by atoms with Crippen molar-refractivity contribution < 1.29 is 4.39 Å². The van der Waals surface area contributed by atoms with Gasteiger partial charge in [-0.3, -0.25) is 11.3 Å². The van der Waals surface area contributed by atoms with Gasteiger partial charge in [-0.25, -0.2) is 4.39 Å². The molecular weight excluding hydrogens is 351 g/mol. The summed E-state index contributed by atoms with van der Waals surface area (Å²) in [5, 5.41) is 0. The summed E-state index contributed by atoms with van der Waals surface area (Å²) in [6, 6.07) is 13.3. The molecule has 2 aromatic rings. The number of nitrogens with one attached hydrogen (secondary N) is 1. The van der Waals surface area contributed by atoms with Crippen molar-refractivity contribution in [2.45, 2.75) is 24.3 Å². The number of benzene rings is 2. The van der Waals surface area contributed by atoms with Crippen LogP contribution >= 0.6 is 27.7 Å². The first-order valence-electron chi connectivity index (χ1n) is 6.68. The second kappa shape index (κ2) is 7.94. The van der Waals surface area contributed by atoms with Gasteiger partial charge in [-0.05, 0) is 43.2 Å². The van der Waals surface area contributed by atoms with Crippen molar-refractivity contribution in [1.29, 1.82) is 0 Å². The zero-order valence-electron chi connectivity index (χ0n) is 11.8. The second-order valence-corrected chi connectivity index (χ2v) is 6.88. The van der Waals surface area contributed by atoms with Crippen LogP contribution in [0.3, 0.4) is 0 Å². The smallest absolute Gasteiger partial charge is 0.124 e. The topological polar surface area (TPSA) is 38.0 Å². The molecule has 0 amide bonds. The maximum absolute atomic E-state index is 13.1. The Bertz CT molecular complexity index is 589. The van der Waals surface area contributed by atoms with Crippen LogP contribution in [0.1, 0.15) is 11.1 Å². The van der Waals surface area contributed by atoms with Gasteiger partial charge in [0.05, 0.1) is 0 Å². The van der Waals surface area contributed by atoms with E-state index in [-0.39, 0.29) is 11.9 Å². The fourth-order valence-corrected chi connectivity index (χ4v) is 3.40. The standard InChI is InChI=1S/C16H18BrFN2S/c1-11-2-6-15(7-3-11)21-10-14(20-19)8-12-4-5-13(18)9-16(12)17/h2-7,9,14,20H,8,10,19H2,1H3. The van der Waals surface area contributed by atoms with E-state index in [0.29, 0.717) is 0 Å². The molecule has 0 aliphatic heterocycles. The highest BCUT2D eigenvalue weighted by molar-refractivity contribution is 9.10. The lowest BCUT2D eigenvalue weighted by Gasteiger charge is -2.16. The molecular formula is C16H18BrFN2S. The third kappa shape index (κ3) is 5.11. The van der Waals surface area contributed by atoms with Crippen LogP contribution in [0, 0.1) is 12.7 Å². The molecule has 2 aromatic carbocycles. The van der Waals surface area contributed by atoms with Gasteiger partial charge in [0.1, 0.15) is 5.82 Å². The minimum Gasteiger partial charge on any atom is -0.271 e. The molecule has 3 N–H and O–H groups in total. The Morgan fingerprint density at radius 3 is 2.57 bits per heavy atom. The van der Waals surface area contributed by atoms with Crippen LogP contribution in [0.5, 0.6) is 0 Å². The third-order valence-corrected chi connectivity index (χ3v) is 5.10. The van der Waals surface area contributed by atoms with Gasteiger partial charge in [0.2, 0.25) is 0 Å². The summed E-state index contributed by atoms with van der Waals surface area (Å²) < 4.78 is 13.9. The molecule has 0 saturated heterocycles. The first-order chi connectivity index (χ1) is 10.1. The number of halogens is 2. The van der Waals surface area contributed by atoms with E-state index in [1.165, 1.54) is 22.6 Å². The van der Waals surface area contributed by atoms with Crippen LogP contribution in [0.25, 0.3) is 0 Å². The lowest BCUT2D eigenvalue weighted by atomic mass is 10.1. The fraction of sp³-hybridized carbons (Fsp3) is 0.250.